The molecule has 3 nitrogen and oxygen atoms in total. The lowest BCUT2D eigenvalue weighted by molar-refractivity contribution is 0.0818. The SMILES string of the molecule is Cc1ccc2[nH]cc(C(=O)C(=O)c3ccccc3)c2c1. The van der Waals surface area contributed by atoms with Crippen molar-refractivity contribution in [3.05, 3.63) is 71.4 Å². The zero-order valence-corrected chi connectivity index (χ0v) is 11.0. The summed E-state index contributed by atoms with van der Waals surface area (Å²) in [5.41, 5.74) is 2.76. The number of nitrogens with one attached hydrogen (secondary N) is 1. The van der Waals surface area contributed by atoms with Gasteiger partial charge in [0.05, 0.1) is 5.56 Å². The minimum Gasteiger partial charge on any atom is -0.360 e. The molecule has 2 aromatic carbocycles. The van der Waals surface area contributed by atoms with Gasteiger partial charge < -0.3 is 4.98 Å². The lowest BCUT2D eigenvalue weighted by Gasteiger charge is -2.00. The van der Waals surface area contributed by atoms with Gasteiger partial charge in [0, 0.05) is 22.7 Å². The Morgan fingerprint density at radius 1 is 0.950 bits per heavy atom. The Morgan fingerprint density at radius 3 is 2.45 bits per heavy atom. The van der Waals surface area contributed by atoms with Crippen molar-refractivity contribution in [3.8, 4) is 0 Å². The van der Waals surface area contributed by atoms with Crippen molar-refractivity contribution in [3.63, 3.8) is 0 Å². The Hall–Kier alpha value is -2.68. The summed E-state index contributed by atoms with van der Waals surface area (Å²) in [6.45, 7) is 1.96. The average Bonchev–Trinajstić information content (AvgIpc) is 2.89. The van der Waals surface area contributed by atoms with Crippen LogP contribution in [0.3, 0.4) is 0 Å². The molecule has 0 spiro atoms. The van der Waals surface area contributed by atoms with Crippen LogP contribution >= 0.6 is 0 Å². The van der Waals surface area contributed by atoms with Gasteiger partial charge in [0.1, 0.15) is 0 Å². The Labute approximate surface area is 116 Å². The van der Waals surface area contributed by atoms with Gasteiger partial charge in [-0.05, 0) is 19.1 Å². The fourth-order valence-electron chi connectivity index (χ4n) is 2.27. The number of benzene rings is 2. The standard InChI is InChI=1S/C17H13NO2/c1-11-7-8-15-13(9-11)14(10-18-15)17(20)16(19)12-5-3-2-4-6-12/h2-10,18H,1H3. The van der Waals surface area contributed by atoms with Crippen LogP contribution in [-0.2, 0) is 0 Å². The normalized spacial score (nSPS) is 10.7. The first kappa shape index (κ1) is 12.4. The van der Waals surface area contributed by atoms with Crippen molar-refractivity contribution in [2.45, 2.75) is 6.92 Å². The number of carbonyl (C=O) groups is 2. The molecule has 0 unspecified atom stereocenters. The molecule has 1 N–H and O–H groups in total. The summed E-state index contributed by atoms with van der Waals surface area (Å²) in [5.74, 6) is -0.957. The van der Waals surface area contributed by atoms with Gasteiger partial charge in [-0.15, -0.1) is 0 Å². The molecule has 0 radical (unpaired) electrons. The van der Waals surface area contributed by atoms with Crippen LogP contribution in [0.5, 0.6) is 0 Å². The number of aromatic nitrogens is 1. The van der Waals surface area contributed by atoms with E-state index in [2.05, 4.69) is 4.98 Å². The number of Topliss-reactive ketones (excluding diaryl/α,β-unsaturated/α-hetero) is 2. The zero-order valence-electron chi connectivity index (χ0n) is 11.0. The number of aryl methyl sites for hydroxylation is 1. The van der Waals surface area contributed by atoms with Crippen LogP contribution in [0.4, 0.5) is 0 Å². The quantitative estimate of drug-likeness (QED) is 0.580. The minimum atomic E-state index is -0.479. The molecule has 0 saturated heterocycles. The monoisotopic (exact) mass is 263 g/mol. The first-order chi connectivity index (χ1) is 9.66. The third kappa shape index (κ3) is 2.03. The van der Waals surface area contributed by atoms with Gasteiger partial charge >= 0.3 is 0 Å². The van der Waals surface area contributed by atoms with Crippen LogP contribution in [0.1, 0.15) is 26.3 Å². The summed E-state index contributed by atoms with van der Waals surface area (Å²) in [4.78, 5) is 27.6. The number of hydrogen-bond acceptors (Lipinski definition) is 2. The van der Waals surface area contributed by atoms with Crippen LogP contribution in [0.2, 0.25) is 0 Å². The highest BCUT2D eigenvalue weighted by Gasteiger charge is 2.21. The van der Waals surface area contributed by atoms with Gasteiger partial charge in [-0.3, -0.25) is 9.59 Å². The maximum Gasteiger partial charge on any atom is 0.235 e. The molecule has 0 aliphatic carbocycles. The second-order valence-electron chi connectivity index (χ2n) is 4.78. The Bertz CT molecular complexity index is 800. The van der Waals surface area contributed by atoms with Crippen molar-refractivity contribution in [2.75, 3.05) is 0 Å². The highest BCUT2D eigenvalue weighted by atomic mass is 16.2. The molecule has 0 bridgehead atoms. The van der Waals surface area contributed by atoms with E-state index >= 15 is 0 Å². The smallest absolute Gasteiger partial charge is 0.235 e. The molecule has 20 heavy (non-hydrogen) atoms. The number of rotatable bonds is 3. The van der Waals surface area contributed by atoms with Crippen molar-refractivity contribution in [2.24, 2.45) is 0 Å². The molecule has 0 amide bonds. The fourth-order valence-corrected chi connectivity index (χ4v) is 2.27. The summed E-state index contributed by atoms with van der Waals surface area (Å²) in [6.07, 6.45) is 1.60. The third-order valence-electron chi connectivity index (χ3n) is 3.32. The van der Waals surface area contributed by atoms with Crippen molar-refractivity contribution < 1.29 is 9.59 Å². The molecule has 0 atom stereocenters. The zero-order chi connectivity index (χ0) is 14.1. The second kappa shape index (κ2) is 4.78. The average molecular weight is 263 g/mol. The van der Waals surface area contributed by atoms with E-state index in [4.69, 9.17) is 0 Å². The minimum absolute atomic E-state index is 0.416. The molecular formula is C17H13NO2. The Kier molecular flexibility index (Phi) is 2.95. The van der Waals surface area contributed by atoms with E-state index in [-0.39, 0.29) is 0 Å². The van der Waals surface area contributed by atoms with Crippen LogP contribution in [0.25, 0.3) is 10.9 Å². The summed E-state index contributed by atoms with van der Waals surface area (Å²) < 4.78 is 0. The van der Waals surface area contributed by atoms with E-state index < -0.39 is 11.6 Å². The molecule has 3 aromatic rings. The Morgan fingerprint density at radius 2 is 1.70 bits per heavy atom. The van der Waals surface area contributed by atoms with Gasteiger partial charge in [0.25, 0.3) is 0 Å². The van der Waals surface area contributed by atoms with Crippen molar-refractivity contribution in [1.82, 2.24) is 4.98 Å². The van der Waals surface area contributed by atoms with Crippen LogP contribution in [0.15, 0.2) is 54.7 Å². The van der Waals surface area contributed by atoms with Gasteiger partial charge in [-0.1, -0.05) is 42.0 Å². The highest BCUT2D eigenvalue weighted by Crippen LogP contribution is 2.21. The molecule has 0 saturated carbocycles. The van der Waals surface area contributed by atoms with Crippen LogP contribution < -0.4 is 0 Å². The number of H-pyrrole nitrogens is 1. The predicted molar refractivity (Wildman–Crippen MR) is 78.1 cm³/mol. The maximum atomic E-state index is 12.4. The lowest BCUT2D eigenvalue weighted by atomic mass is 10.0. The van der Waals surface area contributed by atoms with E-state index in [1.54, 1.807) is 30.5 Å². The summed E-state index contributed by atoms with van der Waals surface area (Å²) >= 11 is 0. The molecule has 1 heterocycles. The van der Waals surface area contributed by atoms with Crippen LogP contribution in [0, 0.1) is 6.92 Å². The lowest BCUT2D eigenvalue weighted by Crippen LogP contribution is -2.13. The molecular weight excluding hydrogens is 250 g/mol. The van der Waals surface area contributed by atoms with E-state index in [9.17, 15) is 9.59 Å². The molecule has 3 heteroatoms. The first-order valence-corrected chi connectivity index (χ1v) is 6.38. The topological polar surface area (TPSA) is 49.9 Å². The van der Waals surface area contributed by atoms with Gasteiger partial charge in [0.2, 0.25) is 11.6 Å². The van der Waals surface area contributed by atoms with E-state index in [1.165, 1.54) is 0 Å². The maximum absolute atomic E-state index is 12.4. The molecule has 0 aliphatic heterocycles. The molecule has 98 valence electrons. The third-order valence-corrected chi connectivity index (χ3v) is 3.32. The van der Waals surface area contributed by atoms with Gasteiger partial charge in [-0.2, -0.15) is 0 Å². The number of aromatic amines is 1. The Balaban J connectivity index is 2.05. The molecule has 0 fully saturated rings. The van der Waals surface area contributed by atoms with Gasteiger partial charge in [0.15, 0.2) is 0 Å². The number of ketones is 2. The summed E-state index contributed by atoms with van der Waals surface area (Å²) in [5, 5.41) is 0.791. The molecule has 3 rings (SSSR count). The molecule has 1 aromatic heterocycles. The highest BCUT2D eigenvalue weighted by molar-refractivity contribution is 6.50. The van der Waals surface area contributed by atoms with E-state index in [0.717, 1.165) is 16.5 Å². The summed E-state index contributed by atoms with van der Waals surface area (Å²) in [6, 6.07) is 14.4. The first-order valence-electron chi connectivity index (χ1n) is 6.38. The second-order valence-corrected chi connectivity index (χ2v) is 4.78. The van der Waals surface area contributed by atoms with Crippen molar-refractivity contribution >= 4 is 22.5 Å². The number of hydrogen-bond donors (Lipinski definition) is 1. The largest absolute Gasteiger partial charge is 0.360 e. The van der Waals surface area contributed by atoms with Crippen LogP contribution in [-0.4, -0.2) is 16.6 Å². The van der Waals surface area contributed by atoms with E-state index in [1.807, 2.05) is 31.2 Å². The van der Waals surface area contributed by atoms with E-state index in [0.29, 0.717) is 11.1 Å². The number of carbonyl (C=O) groups excluding carboxylic acids is 2. The van der Waals surface area contributed by atoms with Gasteiger partial charge in [-0.25, -0.2) is 0 Å². The number of fused-ring (bicyclic) bond motifs is 1. The predicted octanol–water partition coefficient (Wildman–Crippen LogP) is 3.54. The van der Waals surface area contributed by atoms with Crippen molar-refractivity contribution in [1.29, 1.82) is 0 Å². The molecule has 0 aliphatic rings. The fraction of sp³-hybridized carbons (Fsp3) is 0.0588. The summed E-state index contributed by atoms with van der Waals surface area (Å²) in [7, 11) is 0.